The van der Waals surface area contributed by atoms with Crippen molar-refractivity contribution in [2.75, 3.05) is 5.73 Å². The summed E-state index contributed by atoms with van der Waals surface area (Å²) in [7, 11) is 0. The molecule has 0 atom stereocenters. The Morgan fingerprint density at radius 1 is 1.28 bits per heavy atom. The zero-order valence-electron chi connectivity index (χ0n) is 9.16. The van der Waals surface area contributed by atoms with Gasteiger partial charge >= 0.3 is 0 Å². The van der Waals surface area contributed by atoms with E-state index in [0.717, 1.165) is 6.07 Å². The molecular formula is C12H9BrF2N2O. The smallest absolute Gasteiger partial charge is 0.200 e. The number of ether oxygens (including phenoxy) is 1. The number of benzene rings is 1. The highest BCUT2D eigenvalue weighted by Gasteiger charge is 2.11. The normalized spacial score (nSPS) is 10.4. The van der Waals surface area contributed by atoms with Gasteiger partial charge in [0.2, 0.25) is 5.82 Å². The van der Waals surface area contributed by atoms with Gasteiger partial charge in [0.15, 0.2) is 11.6 Å². The van der Waals surface area contributed by atoms with Crippen molar-refractivity contribution in [3.8, 4) is 5.75 Å². The molecular weight excluding hydrogens is 306 g/mol. The largest absolute Gasteiger partial charge is 0.486 e. The van der Waals surface area contributed by atoms with E-state index in [-0.39, 0.29) is 12.4 Å². The van der Waals surface area contributed by atoms with Crippen molar-refractivity contribution < 1.29 is 13.5 Å². The van der Waals surface area contributed by atoms with Crippen molar-refractivity contribution in [3.05, 3.63) is 52.1 Å². The van der Waals surface area contributed by atoms with Crippen LogP contribution in [0.4, 0.5) is 14.6 Å². The van der Waals surface area contributed by atoms with Crippen molar-refractivity contribution >= 4 is 21.7 Å². The molecule has 0 bridgehead atoms. The topological polar surface area (TPSA) is 48.1 Å². The molecule has 0 amide bonds. The van der Waals surface area contributed by atoms with E-state index >= 15 is 0 Å². The number of anilines is 1. The molecule has 2 N–H and O–H groups in total. The second-order valence-electron chi connectivity index (χ2n) is 3.58. The Labute approximate surface area is 111 Å². The van der Waals surface area contributed by atoms with Gasteiger partial charge in [-0.2, -0.15) is 4.39 Å². The van der Waals surface area contributed by atoms with Crippen LogP contribution in [0, 0.1) is 11.6 Å². The van der Waals surface area contributed by atoms with E-state index in [1.807, 2.05) is 0 Å². The first-order chi connectivity index (χ1) is 8.56. The number of pyridine rings is 1. The monoisotopic (exact) mass is 314 g/mol. The first-order valence-electron chi connectivity index (χ1n) is 5.04. The maximum Gasteiger partial charge on any atom is 0.200 e. The van der Waals surface area contributed by atoms with Crippen molar-refractivity contribution in [1.29, 1.82) is 0 Å². The summed E-state index contributed by atoms with van der Waals surface area (Å²) in [5, 5.41) is 0. The predicted octanol–water partition coefficient (Wildman–Crippen LogP) is 3.28. The van der Waals surface area contributed by atoms with Crippen molar-refractivity contribution in [3.63, 3.8) is 0 Å². The highest BCUT2D eigenvalue weighted by molar-refractivity contribution is 9.10. The SMILES string of the molecule is Nc1ccc(COc2cc(Br)cc(F)c2F)cn1. The number of hydrogen-bond donors (Lipinski definition) is 1. The number of nitrogen functional groups attached to an aromatic ring is 1. The lowest BCUT2D eigenvalue weighted by Crippen LogP contribution is -2.00. The van der Waals surface area contributed by atoms with Crippen LogP contribution in [0.15, 0.2) is 34.9 Å². The van der Waals surface area contributed by atoms with Crippen LogP contribution in [-0.2, 0) is 6.61 Å². The summed E-state index contributed by atoms with van der Waals surface area (Å²) in [4.78, 5) is 3.87. The fourth-order valence-electron chi connectivity index (χ4n) is 1.32. The number of hydrogen-bond acceptors (Lipinski definition) is 3. The van der Waals surface area contributed by atoms with Gasteiger partial charge in [-0.05, 0) is 18.2 Å². The van der Waals surface area contributed by atoms with E-state index in [1.54, 1.807) is 12.1 Å². The second-order valence-corrected chi connectivity index (χ2v) is 4.50. The fraction of sp³-hybridized carbons (Fsp3) is 0.0833. The minimum absolute atomic E-state index is 0.0834. The molecule has 94 valence electrons. The van der Waals surface area contributed by atoms with Crippen LogP contribution in [0.5, 0.6) is 5.75 Å². The Morgan fingerprint density at radius 2 is 2.06 bits per heavy atom. The van der Waals surface area contributed by atoms with Crippen LogP contribution in [0.3, 0.4) is 0 Å². The van der Waals surface area contributed by atoms with Gasteiger partial charge in [0.05, 0.1) is 0 Å². The number of nitrogens with two attached hydrogens (primary N) is 1. The molecule has 0 radical (unpaired) electrons. The number of aromatic nitrogens is 1. The Balaban J connectivity index is 2.13. The van der Waals surface area contributed by atoms with Gasteiger partial charge in [-0.25, -0.2) is 9.37 Å². The van der Waals surface area contributed by atoms with Crippen molar-refractivity contribution in [2.24, 2.45) is 0 Å². The van der Waals surface area contributed by atoms with Gasteiger partial charge < -0.3 is 10.5 Å². The molecule has 1 aromatic heterocycles. The quantitative estimate of drug-likeness (QED) is 0.884. The Kier molecular flexibility index (Phi) is 3.76. The average molecular weight is 315 g/mol. The van der Waals surface area contributed by atoms with Gasteiger partial charge in [0.25, 0.3) is 0 Å². The van der Waals surface area contributed by atoms with Gasteiger partial charge in [-0.1, -0.05) is 22.0 Å². The standard InChI is InChI=1S/C12H9BrF2N2O/c13-8-3-9(14)12(15)10(4-8)18-6-7-1-2-11(16)17-5-7/h1-5H,6H2,(H2,16,17). The maximum absolute atomic E-state index is 13.4. The first kappa shape index (κ1) is 12.8. The fourth-order valence-corrected chi connectivity index (χ4v) is 1.73. The Bertz CT molecular complexity index is 561. The van der Waals surface area contributed by atoms with Crippen molar-refractivity contribution in [1.82, 2.24) is 4.98 Å². The van der Waals surface area contributed by atoms with Crippen LogP contribution in [0.1, 0.15) is 5.56 Å². The van der Waals surface area contributed by atoms with Gasteiger partial charge in [-0.3, -0.25) is 0 Å². The lowest BCUT2D eigenvalue weighted by molar-refractivity contribution is 0.284. The van der Waals surface area contributed by atoms with E-state index in [4.69, 9.17) is 10.5 Å². The van der Waals surface area contributed by atoms with E-state index in [2.05, 4.69) is 20.9 Å². The molecule has 3 nitrogen and oxygen atoms in total. The van der Waals surface area contributed by atoms with Gasteiger partial charge in [-0.15, -0.1) is 0 Å². The van der Waals surface area contributed by atoms with Crippen LogP contribution in [-0.4, -0.2) is 4.98 Å². The molecule has 2 rings (SSSR count). The number of nitrogens with zero attached hydrogens (tertiary/aromatic N) is 1. The molecule has 0 fully saturated rings. The summed E-state index contributed by atoms with van der Waals surface area (Å²) in [6.07, 6.45) is 1.52. The van der Waals surface area contributed by atoms with Crippen molar-refractivity contribution in [2.45, 2.75) is 6.61 Å². The zero-order valence-corrected chi connectivity index (χ0v) is 10.7. The molecule has 0 aliphatic heterocycles. The Hall–Kier alpha value is -1.69. The van der Waals surface area contributed by atoms with E-state index in [1.165, 1.54) is 12.3 Å². The molecule has 0 saturated carbocycles. The molecule has 18 heavy (non-hydrogen) atoms. The molecule has 0 aliphatic carbocycles. The van der Waals surface area contributed by atoms with Gasteiger partial charge in [0.1, 0.15) is 12.4 Å². The maximum atomic E-state index is 13.4. The molecule has 0 unspecified atom stereocenters. The summed E-state index contributed by atoms with van der Waals surface area (Å²) >= 11 is 3.07. The van der Waals surface area contributed by atoms with Crippen LogP contribution < -0.4 is 10.5 Å². The van der Waals surface area contributed by atoms with Crippen LogP contribution in [0.2, 0.25) is 0 Å². The lowest BCUT2D eigenvalue weighted by Gasteiger charge is -2.08. The van der Waals surface area contributed by atoms with Crippen LogP contribution in [0.25, 0.3) is 0 Å². The molecule has 0 spiro atoms. The summed E-state index contributed by atoms with van der Waals surface area (Å²) < 4.78 is 32.1. The summed E-state index contributed by atoms with van der Waals surface area (Å²) in [6.45, 7) is 0.0834. The minimum atomic E-state index is -1.01. The average Bonchev–Trinajstić information content (AvgIpc) is 2.34. The van der Waals surface area contributed by atoms with E-state index < -0.39 is 11.6 Å². The number of halogens is 3. The highest BCUT2D eigenvalue weighted by Crippen LogP contribution is 2.26. The third-order valence-corrected chi connectivity index (χ3v) is 2.66. The molecule has 2 aromatic rings. The molecule has 1 heterocycles. The minimum Gasteiger partial charge on any atom is -0.486 e. The summed E-state index contributed by atoms with van der Waals surface area (Å²) in [5.74, 6) is -1.74. The second kappa shape index (κ2) is 5.30. The molecule has 6 heteroatoms. The molecule has 1 aromatic carbocycles. The predicted molar refractivity (Wildman–Crippen MR) is 67.0 cm³/mol. The third kappa shape index (κ3) is 2.95. The lowest BCUT2D eigenvalue weighted by atomic mass is 10.3. The zero-order chi connectivity index (χ0) is 13.1. The first-order valence-corrected chi connectivity index (χ1v) is 5.83. The molecule has 0 aliphatic rings. The highest BCUT2D eigenvalue weighted by atomic mass is 79.9. The van der Waals surface area contributed by atoms with E-state index in [9.17, 15) is 8.78 Å². The summed E-state index contributed by atoms with van der Waals surface area (Å²) in [6, 6.07) is 5.71. The third-order valence-electron chi connectivity index (χ3n) is 2.20. The summed E-state index contributed by atoms with van der Waals surface area (Å²) in [5.41, 5.74) is 6.14. The Morgan fingerprint density at radius 3 is 2.72 bits per heavy atom. The van der Waals surface area contributed by atoms with E-state index in [0.29, 0.717) is 15.9 Å². The molecule has 0 saturated heterocycles. The van der Waals surface area contributed by atoms with Crippen LogP contribution >= 0.6 is 15.9 Å². The van der Waals surface area contributed by atoms with Gasteiger partial charge in [0, 0.05) is 16.2 Å². The number of rotatable bonds is 3.